The number of ether oxygens (including phenoxy) is 4. The van der Waals surface area contributed by atoms with Crippen LogP contribution in [0.15, 0.2) is 40.9 Å². The van der Waals surface area contributed by atoms with Crippen molar-refractivity contribution in [1.29, 1.82) is 0 Å². The molecule has 0 aliphatic heterocycles. The normalized spacial score (nSPS) is 10.1. The molecule has 0 aliphatic rings. The molecule has 2 aromatic rings. The summed E-state index contributed by atoms with van der Waals surface area (Å²) in [4.78, 5) is 24.1. The fourth-order valence-corrected chi connectivity index (χ4v) is 2.53. The van der Waals surface area contributed by atoms with E-state index < -0.39 is 18.5 Å². The minimum Gasteiger partial charge on any atom is -0.493 e. The van der Waals surface area contributed by atoms with E-state index in [-0.39, 0.29) is 5.56 Å². The van der Waals surface area contributed by atoms with Crippen LogP contribution in [0.4, 0.5) is 0 Å². The van der Waals surface area contributed by atoms with Gasteiger partial charge in [0.1, 0.15) is 0 Å². The minimum absolute atomic E-state index is 0.185. The van der Waals surface area contributed by atoms with Crippen molar-refractivity contribution in [3.8, 4) is 17.2 Å². The number of rotatable bonds is 8. The molecule has 0 saturated carbocycles. The summed E-state index contributed by atoms with van der Waals surface area (Å²) >= 11 is 3.35. The Morgan fingerprint density at radius 3 is 2.07 bits per heavy atom. The molecule has 2 aromatic carbocycles. The first-order chi connectivity index (χ1) is 13.0. The Bertz CT molecular complexity index is 781. The van der Waals surface area contributed by atoms with Gasteiger partial charge in [0, 0.05) is 11.0 Å². The van der Waals surface area contributed by atoms with E-state index in [1.54, 1.807) is 0 Å². The molecule has 0 heterocycles. The molecule has 8 heteroatoms. The molecule has 27 heavy (non-hydrogen) atoms. The van der Waals surface area contributed by atoms with Crippen LogP contribution in [0.3, 0.4) is 0 Å². The minimum atomic E-state index is -0.673. The molecule has 0 bridgehead atoms. The van der Waals surface area contributed by atoms with Crippen LogP contribution in [0, 0.1) is 0 Å². The standard InChI is InChI=1S/C19H20BrNO6/c1-24-15-8-13(9-16(25-2)18(15)26-3)19(23)27-11-17(22)21-10-12-4-6-14(20)7-5-12/h4-9H,10-11H2,1-3H3,(H,21,22). The van der Waals surface area contributed by atoms with Crippen LogP contribution < -0.4 is 19.5 Å². The fraction of sp³-hybridized carbons (Fsp3) is 0.263. The summed E-state index contributed by atoms with van der Waals surface area (Å²) in [5.74, 6) is -0.0671. The molecule has 7 nitrogen and oxygen atoms in total. The van der Waals surface area contributed by atoms with Gasteiger partial charge in [0.25, 0.3) is 5.91 Å². The van der Waals surface area contributed by atoms with Crippen LogP contribution >= 0.6 is 15.9 Å². The van der Waals surface area contributed by atoms with E-state index in [9.17, 15) is 9.59 Å². The predicted molar refractivity (Wildman–Crippen MR) is 102 cm³/mol. The highest BCUT2D eigenvalue weighted by Gasteiger charge is 2.18. The first kappa shape index (κ1) is 20.6. The van der Waals surface area contributed by atoms with Crippen LogP contribution in [-0.4, -0.2) is 39.8 Å². The summed E-state index contributed by atoms with van der Waals surface area (Å²) in [6, 6.07) is 10.4. The molecule has 1 amide bonds. The van der Waals surface area contributed by atoms with Gasteiger partial charge in [-0.2, -0.15) is 0 Å². The molecule has 1 N–H and O–H groups in total. The Morgan fingerprint density at radius 1 is 0.963 bits per heavy atom. The zero-order chi connectivity index (χ0) is 19.8. The molecular weight excluding hydrogens is 418 g/mol. The molecular formula is C19H20BrNO6. The van der Waals surface area contributed by atoms with Crippen molar-refractivity contribution < 1.29 is 28.5 Å². The van der Waals surface area contributed by atoms with Gasteiger partial charge in [-0.25, -0.2) is 4.79 Å². The molecule has 144 valence electrons. The monoisotopic (exact) mass is 437 g/mol. The maximum Gasteiger partial charge on any atom is 0.338 e. The molecule has 0 saturated heterocycles. The molecule has 0 aliphatic carbocycles. The molecule has 0 fully saturated rings. The average Bonchev–Trinajstić information content (AvgIpc) is 2.70. The largest absolute Gasteiger partial charge is 0.493 e. The quantitative estimate of drug-likeness (QED) is 0.639. The van der Waals surface area contributed by atoms with Gasteiger partial charge in [-0.1, -0.05) is 28.1 Å². The summed E-state index contributed by atoms with van der Waals surface area (Å²) in [7, 11) is 4.36. The van der Waals surface area contributed by atoms with Crippen LogP contribution in [0.1, 0.15) is 15.9 Å². The van der Waals surface area contributed by atoms with E-state index >= 15 is 0 Å². The lowest BCUT2D eigenvalue weighted by molar-refractivity contribution is -0.124. The lowest BCUT2D eigenvalue weighted by atomic mass is 10.2. The lowest BCUT2D eigenvalue weighted by Gasteiger charge is -2.13. The number of hydrogen-bond donors (Lipinski definition) is 1. The van der Waals surface area contributed by atoms with E-state index in [0.29, 0.717) is 23.8 Å². The summed E-state index contributed by atoms with van der Waals surface area (Å²) in [5.41, 5.74) is 1.12. The summed E-state index contributed by atoms with van der Waals surface area (Å²) < 4.78 is 21.6. The summed E-state index contributed by atoms with van der Waals surface area (Å²) in [6.07, 6.45) is 0. The number of benzene rings is 2. The second-order valence-electron chi connectivity index (χ2n) is 5.39. The van der Waals surface area contributed by atoms with E-state index in [0.717, 1.165) is 10.0 Å². The van der Waals surface area contributed by atoms with Gasteiger partial charge >= 0.3 is 5.97 Å². The number of esters is 1. The Hall–Kier alpha value is -2.74. The third-order valence-corrected chi connectivity index (χ3v) is 4.17. The predicted octanol–water partition coefficient (Wildman–Crippen LogP) is 2.95. The van der Waals surface area contributed by atoms with E-state index in [1.807, 2.05) is 24.3 Å². The van der Waals surface area contributed by atoms with Crippen LogP contribution in [0.5, 0.6) is 17.2 Å². The first-order valence-electron chi connectivity index (χ1n) is 7.96. The van der Waals surface area contributed by atoms with Crippen LogP contribution in [0.2, 0.25) is 0 Å². The van der Waals surface area contributed by atoms with Crippen LogP contribution in [-0.2, 0) is 16.1 Å². The van der Waals surface area contributed by atoms with Gasteiger partial charge in [0.2, 0.25) is 5.75 Å². The number of hydrogen-bond acceptors (Lipinski definition) is 6. The summed E-state index contributed by atoms with van der Waals surface area (Å²) in [5, 5.41) is 2.69. The zero-order valence-electron chi connectivity index (χ0n) is 15.2. The maximum absolute atomic E-state index is 12.2. The molecule has 2 rings (SSSR count). The SMILES string of the molecule is COc1cc(C(=O)OCC(=O)NCc2ccc(Br)cc2)cc(OC)c1OC. The number of carbonyl (C=O) groups is 2. The zero-order valence-corrected chi connectivity index (χ0v) is 16.8. The number of halogens is 1. The fourth-order valence-electron chi connectivity index (χ4n) is 2.27. The van der Waals surface area contributed by atoms with Crippen molar-refractivity contribution in [2.75, 3.05) is 27.9 Å². The molecule has 0 atom stereocenters. The van der Waals surface area contributed by atoms with Gasteiger partial charge in [-0.3, -0.25) is 4.79 Å². The van der Waals surface area contributed by atoms with Gasteiger partial charge < -0.3 is 24.3 Å². The van der Waals surface area contributed by atoms with Crippen molar-refractivity contribution >= 4 is 27.8 Å². The van der Waals surface area contributed by atoms with Crippen LogP contribution in [0.25, 0.3) is 0 Å². The van der Waals surface area contributed by atoms with Crippen molar-refractivity contribution in [1.82, 2.24) is 5.32 Å². The van der Waals surface area contributed by atoms with Crippen molar-refractivity contribution in [2.45, 2.75) is 6.54 Å². The highest BCUT2D eigenvalue weighted by Crippen LogP contribution is 2.38. The van der Waals surface area contributed by atoms with Crippen molar-refractivity contribution in [3.05, 3.63) is 52.0 Å². The number of methoxy groups -OCH3 is 3. The second kappa shape index (κ2) is 9.82. The van der Waals surface area contributed by atoms with Crippen molar-refractivity contribution in [3.63, 3.8) is 0 Å². The topological polar surface area (TPSA) is 83.1 Å². The third kappa shape index (κ3) is 5.62. The van der Waals surface area contributed by atoms with E-state index in [4.69, 9.17) is 18.9 Å². The first-order valence-corrected chi connectivity index (χ1v) is 8.76. The smallest absolute Gasteiger partial charge is 0.338 e. The van der Waals surface area contributed by atoms with Crippen molar-refractivity contribution in [2.24, 2.45) is 0 Å². The Kier molecular flexibility index (Phi) is 7.48. The second-order valence-corrected chi connectivity index (χ2v) is 6.31. The van der Waals surface area contributed by atoms with Gasteiger partial charge in [0.15, 0.2) is 18.1 Å². The maximum atomic E-state index is 12.2. The van der Waals surface area contributed by atoms with E-state index in [2.05, 4.69) is 21.2 Å². The number of carbonyl (C=O) groups excluding carboxylic acids is 2. The molecule has 0 radical (unpaired) electrons. The average molecular weight is 438 g/mol. The Labute approximate surface area is 165 Å². The summed E-state index contributed by atoms with van der Waals surface area (Å²) in [6.45, 7) is -0.0557. The molecule has 0 unspecified atom stereocenters. The van der Waals surface area contributed by atoms with E-state index in [1.165, 1.54) is 33.5 Å². The van der Waals surface area contributed by atoms with Gasteiger partial charge in [-0.15, -0.1) is 0 Å². The van der Waals surface area contributed by atoms with Gasteiger partial charge in [0.05, 0.1) is 26.9 Å². The third-order valence-electron chi connectivity index (χ3n) is 3.64. The Morgan fingerprint density at radius 2 is 1.56 bits per heavy atom. The highest BCUT2D eigenvalue weighted by atomic mass is 79.9. The number of nitrogens with one attached hydrogen (secondary N) is 1. The highest BCUT2D eigenvalue weighted by molar-refractivity contribution is 9.10. The molecule has 0 spiro atoms. The Balaban J connectivity index is 1.94. The lowest BCUT2D eigenvalue weighted by Crippen LogP contribution is -2.28. The van der Waals surface area contributed by atoms with Gasteiger partial charge in [-0.05, 0) is 29.8 Å². The number of amides is 1. The molecule has 0 aromatic heterocycles.